The third-order valence-electron chi connectivity index (χ3n) is 5.46. The topological polar surface area (TPSA) is 100 Å². The minimum absolute atomic E-state index is 0.0299. The highest BCUT2D eigenvalue weighted by molar-refractivity contribution is 7.13. The number of thiazole rings is 1. The number of carbonyl (C=O) groups is 2. The molecule has 1 aliphatic rings. The van der Waals surface area contributed by atoms with E-state index in [4.69, 9.17) is 0 Å². The zero-order valence-electron chi connectivity index (χ0n) is 18.6. The van der Waals surface area contributed by atoms with Crippen LogP contribution in [0.3, 0.4) is 0 Å². The van der Waals surface area contributed by atoms with Crippen LogP contribution in [0.2, 0.25) is 0 Å². The number of rotatable bonds is 5. The lowest BCUT2D eigenvalue weighted by atomic mass is 10.1. The molecule has 4 rings (SSSR count). The molecule has 0 unspecified atom stereocenters. The molecule has 3 aromatic rings. The molecule has 1 aliphatic heterocycles. The highest BCUT2D eigenvalue weighted by Crippen LogP contribution is 2.35. The van der Waals surface area contributed by atoms with Gasteiger partial charge >= 0.3 is 6.18 Å². The summed E-state index contributed by atoms with van der Waals surface area (Å²) < 4.78 is 54.1. The molecular weight excluding hydrogens is 488 g/mol. The van der Waals surface area contributed by atoms with Crippen molar-refractivity contribution in [2.75, 3.05) is 22.1 Å². The molecule has 0 bridgehead atoms. The minimum Gasteiger partial charge on any atom is -0.343 e. The summed E-state index contributed by atoms with van der Waals surface area (Å²) in [6.07, 6.45) is -0.382. The zero-order valence-corrected chi connectivity index (χ0v) is 19.4. The van der Waals surface area contributed by atoms with E-state index >= 15 is 0 Å². The molecule has 1 fully saturated rings. The number of anilines is 3. The van der Waals surface area contributed by atoms with E-state index in [0.717, 1.165) is 23.4 Å². The fourth-order valence-corrected chi connectivity index (χ4v) is 4.40. The van der Waals surface area contributed by atoms with Crippen LogP contribution in [-0.2, 0) is 0 Å². The van der Waals surface area contributed by atoms with Gasteiger partial charge in [-0.15, -0.1) is 11.3 Å². The van der Waals surface area contributed by atoms with Crippen LogP contribution >= 0.6 is 11.3 Å². The number of nitrogens with zero attached hydrogens (tertiary/aromatic N) is 4. The van der Waals surface area contributed by atoms with Gasteiger partial charge in [-0.1, -0.05) is 0 Å². The van der Waals surface area contributed by atoms with E-state index in [-0.39, 0.29) is 35.9 Å². The molecule has 1 aromatic carbocycles. The predicted octanol–water partition coefficient (Wildman–Crippen LogP) is 4.72. The Kier molecular flexibility index (Phi) is 6.70. The second-order valence-corrected chi connectivity index (χ2v) is 9.19. The van der Waals surface area contributed by atoms with Crippen molar-refractivity contribution in [2.45, 2.75) is 38.9 Å². The number of aromatic nitrogens is 3. The predicted molar refractivity (Wildman–Crippen MR) is 122 cm³/mol. The summed E-state index contributed by atoms with van der Waals surface area (Å²) in [7, 11) is 0. The lowest BCUT2D eigenvalue weighted by Crippen LogP contribution is -2.41. The third kappa shape index (κ3) is 5.39. The second-order valence-electron chi connectivity index (χ2n) is 7.95. The van der Waals surface area contributed by atoms with Crippen LogP contribution in [0.4, 0.5) is 34.9 Å². The van der Waals surface area contributed by atoms with E-state index in [0.29, 0.717) is 21.9 Å². The summed E-state index contributed by atoms with van der Waals surface area (Å²) in [6, 6.07) is 0.676. The van der Waals surface area contributed by atoms with Gasteiger partial charge in [0, 0.05) is 12.2 Å². The molecule has 0 aliphatic carbocycles. The van der Waals surface area contributed by atoms with Gasteiger partial charge in [-0.25, -0.2) is 19.3 Å². The van der Waals surface area contributed by atoms with Crippen molar-refractivity contribution >= 4 is 40.5 Å². The van der Waals surface area contributed by atoms with Crippen LogP contribution < -0.4 is 15.5 Å². The minimum atomic E-state index is -4.39. The van der Waals surface area contributed by atoms with Gasteiger partial charge in [-0.2, -0.15) is 13.2 Å². The van der Waals surface area contributed by atoms with Crippen LogP contribution in [0.5, 0.6) is 0 Å². The van der Waals surface area contributed by atoms with Crippen molar-refractivity contribution < 1.29 is 27.2 Å². The Hall–Kier alpha value is -3.61. The Morgan fingerprint density at radius 1 is 1.06 bits per heavy atom. The van der Waals surface area contributed by atoms with E-state index < -0.39 is 29.8 Å². The maximum absolute atomic E-state index is 14.5. The normalized spacial score (nSPS) is 15.8. The van der Waals surface area contributed by atoms with Gasteiger partial charge in [0.1, 0.15) is 22.6 Å². The van der Waals surface area contributed by atoms with Gasteiger partial charge in [0.2, 0.25) is 0 Å². The largest absolute Gasteiger partial charge is 0.408 e. The molecule has 13 heteroatoms. The second kappa shape index (κ2) is 9.56. The molecule has 1 atom stereocenters. The van der Waals surface area contributed by atoms with Gasteiger partial charge in [0.05, 0.1) is 29.2 Å². The molecule has 2 aromatic heterocycles. The fourth-order valence-electron chi connectivity index (χ4n) is 3.73. The van der Waals surface area contributed by atoms with Crippen molar-refractivity contribution in [1.29, 1.82) is 0 Å². The van der Waals surface area contributed by atoms with Crippen LogP contribution in [0.1, 0.15) is 43.4 Å². The van der Waals surface area contributed by atoms with E-state index in [1.54, 1.807) is 13.8 Å². The molecule has 1 saturated heterocycles. The monoisotopic (exact) mass is 508 g/mol. The molecule has 2 N–H and O–H groups in total. The Bertz CT molecular complexity index is 1260. The number of alkyl halides is 3. The van der Waals surface area contributed by atoms with Gasteiger partial charge in [0.25, 0.3) is 11.8 Å². The number of halogens is 4. The molecule has 0 radical (unpaired) electrons. The summed E-state index contributed by atoms with van der Waals surface area (Å²) in [4.78, 5) is 38.6. The summed E-state index contributed by atoms with van der Waals surface area (Å²) in [5.41, 5.74) is 0.290. The number of hydrogen-bond donors (Lipinski definition) is 2. The molecule has 3 heterocycles. The lowest BCUT2D eigenvalue weighted by molar-refractivity contribution is -0.146. The quantitative estimate of drug-likeness (QED) is 0.484. The highest BCUT2D eigenvalue weighted by atomic mass is 32.1. The van der Waals surface area contributed by atoms with Gasteiger partial charge in [-0.3, -0.25) is 9.59 Å². The highest BCUT2D eigenvalue weighted by Gasteiger charge is 2.46. The Morgan fingerprint density at radius 3 is 2.46 bits per heavy atom. The lowest BCUT2D eigenvalue weighted by Gasteiger charge is -2.27. The molecular formula is C22H20F4N6O2S. The number of carbonyl (C=O) groups excluding carboxylic acids is 2. The summed E-state index contributed by atoms with van der Waals surface area (Å²) in [5, 5.41) is 5.73. The average Bonchev–Trinajstić information content (AvgIpc) is 3.45. The van der Waals surface area contributed by atoms with Crippen LogP contribution in [0, 0.1) is 19.7 Å². The van der Waals surface area contributed by atoms with Crippen molar-refractivity contribution in [3.63, 3.8) is 0 Å². The smallest absolute Gasteiger partial charge is 0.343 e. The van der Waals surface area contributed by atoms with Gasteiger partial charge < -0.3 is 15.5 Å². The van der Waals surface area contributed by atoms with Crippen molar-refractivity contribution in [2.24, 2.45) is 0 Å². The first-order valence-corrected chi connectivity index (χ1v) is 11.4. The first-order chi connectivity index (χ1) is 16.5. The van der Waals surface area contributed by atoms with Crippen molar-refractivity contribution in [3.8, 4) is 0 Å². The van der Waals surface area contributed by atoms with E-state index in [2.05, 4.69) is 25.6 Å². The third-order valence-corrected chi connectivity index (χ3v) is 6.37. The Balaban J connectivity index is 1.48. The SMILES string of the molecule is Cc1ncc(C(=O)Nc2cc(C(=O)Nc3cnc(N4CCC[C@@H]4C(F)(F)F)cn3)c(F)cc2C)s1. The van der Waals surface area contributed by atoms with Gasteiger partial charge in [-0.05, 0) is 44.4 Å². The average molecular weight is 509 g/mol. The fraction of sp³-hybridized carbons (Fsp3) is 0.318. The van der Waals surface area contributed by atoms with Crippen LogP contribution in [0.15, 0.2) is 30.7 Å². The molecule has 8 nitrogen and oxygen atoms in total. The standard InChI is InChI=1S/C22H20F4N6O2S/c1-11-6-14(23)13(7-15(11)30-21(34)16-8-27-12(2)35-16)20(33)31-18-9-29-19(10-28-18)32-5-3-4-17(32)22(24,25)26/h6-10,17H,3-5H2,1-2H3,(H,30,34)(H,28,31,33)/t17-/m1/s1. The van der Waals surface area contributed by atoms with E-state index in [9.17, 15) is 27.2 Å². The molecule has 35 heavy (non-hydrogen) atoms. The van der Waals surface area contributed by atoms with Gasteiger partial charge in [0.15, 0.2) is 5.82 Å². The summed E-state index contributed by atoms with van der Waals surface area (Å²) in [5.74, 6) is -2.15. The number of amides is 2. The summed E-state index contributed by atoms with van der Waals surface area (Å²) in [6.45, 7) is 3.52. The maximum atomic E-state index is 14.5. The molecule has 0 saturated carbocycles. The Labute approximate surface area is 201 Å². The zero-order chi connectivity index (χ0) is 25.3. The van der Waals surface area contributed by atoms with Crippen LogP contribution in [-0.4, -0.2) is 45.5 Å². The maximum Gasteiger partial charge on any atom is 0.408 e. The van der Waals surface area contributed by atoms with E-state index in [1.165, 1.54) is 23.6 Å². The Morgan fingerprint density at radius 2 is 1.83 bits per heavy atom. The number of hydrogen-bond acceptors (Lipinski definition) is 7. The molecule has 2 amide bonds. The first kappa shape index (κ1) is 24.5. The number of nitrogens with one attached hydrogen (secondary N) is 2. The van der Waals surface area contributed by atoms with Crippen molar-refractivity contribution in [1.82, 2.24) is 15.0 Å². The van der Waals surface area contributed by atoms with Crippen LogP contribution in [0.25, 0.3) is 0 Å². The molecule has 0 spiro atoms. The summed E-state index contributed by atoms with van der Waals surface area (Å²) >= 11 is 1.19. The van der Waals surface area contributed by atoms with E-state index in [1.807, 2.05) is 0 Å². The van der Waals surface area contributed by atoms with Crippen molar-refractivity contribution in [3.05, 3.63) is 57.6 Å². The number of aryl methyl sites for hydroxylation is 2. The first-order valence-electron chi connectivity index (χ1n) is 10.5. The molecule has 184 valence electrons. The number of benzene rings is 1.